The van der Waals surface area contributed by atoms with Crippen LogP contribution in [0, 0.1) is 6.92 Å². The fourth-order valence-corrected chi connectivity index (χ4v) is 3.07. The van der Waals surface area contributed by atoms with Crippen molar-refractivity contribution in [1.82, 2.24) is 5.32 Å². The van der Waals surface area contributed by atoms with Gasteiger partial charge in [-0.15, -0.1) is 0 Å². The Labute approximate surface area is 150 Å². The van der Waals surface area contributed by atoms with Crippen molar-refractivity contribution in [1.29, 1.82) is 0 Å². The van der Waals surface area contributed by atoms with Gasteiger partial charge in [-0.05, 0) is 66.1 Å². The third-order valence-electron chi connectivity index (χ3n) is 4.21. The number of fused-ring (bicyclic) bond motifs is 1. The molecule has 24 heavy (non-hydrogen) atoms. The number of nitrogen functional groups attached to an aromatic ring is 1. The van der Waals surface area contributed by atoms with Gasteiger partial charge in [-0.1, -0.05) is 40.2 Å². The van der Waals surface area contributed by atoms with Crippen molar-refractivity contribution in [2.75, 3.05) is 5.73 Å². The highest BCUT2D eigenvalue weighted by Crippen LogP contribution is 2.22. The maximum absolute atomic E-state index is 12.5. The fraction of sp³-hybridized carbons (Fsp3) is 0.150. The highest BCUT2D eigenvalue weighted by atomic mass is 79.9. The van der Waals surface area contributed by atoms with Crippen molar-refractivity contribution < 1.29 is 4.79 Å². The molecule has 3 nitrogen and oxygen atoms in total. The summed E-state index contributed by atoms with van der Waals surface area (Å²) in [6, 6.07) is 17.5. The number of halogens is 1. The van der Waals surface area contributed by atoms with Crippen LogP contribution in [0.2, 0.25) is 0 Å². The smallest absolute Gasteiger partial charge is 0.251 e. The van der Waals surface area contributed by atoms with E-state index in [9.17, 15) is 4.79 Å². The average Bonchev–Trinajstić information content (AvgIpc) is 2.56. The molecule has 0 unspecified atom stereocenters. The van der Waals surface area contributed by atoms with Crippen LogP contribution in [0.3, 0.4) is 0 Å². The first kappa shape index (κ1) is 16.5. The fourth-order valence-electron chi connectivity index (χ4n) is 2.69. The lowest BCUT2D eigenvalue weighted by molar-refractivity contribution is 0.0940. The molecule has 3 aromatic rings. The first-order valence-corrected chi connectivity index (χ1v) is 8.59. The largest absolute Gasteiger partial charge is 0.399 e. The second kappa shape index (κ2) is 6.65. The van der Waals surface area contributed by atoms with Gasteiger partial charge in [0.15, 0.2) is 0 Å². The van der Waals surface area contributed by atoms with Crippen molar-refractivity contribution in [3.63, 3.8) is 0 Å². The first-order valence-electron chi connectivity index (χ1n) is 7.80. The molecule has 3 aromatic carbocycles. The van der Waals surface area contributed by atoms with Gasteiger partial charge in [0.25, 0.3) is 5.91 Å². The first-order chi connectivity index (χ1) is 11.4. The number of rotatable bonds is 3. The van der Waals surface area contributed by atoms with E-state index in [0.717, 1.165) is 32.1 Å². The van der Waals surface area contributed by atoms with Gasteiger partial charge in [0.05, 0.1) is 6.04 Å². The molecule has 1 amide bonds. The summed E-state index contributed by atoms with van der Waals surface area (Å²) in [5.74, 6) is -0.0817. The highest BCUT2D eigenvalue weighted by molar-refractivity contribution is 9.10. The normalized spacial score (nSPS) is 12.1. The zero-order valence-electron chi connectivity index (χ0n) is 13.6. The van der Waals surface area contributed by atoms with Gasteiger partial charge in [0.1, 0.15) is 0 Å². The van der Waals surface area contributed by atoms with E-state index in [2.05, 4.69) is 21.2 Å². The Morgan fingerprint density at radius 1 is 1.04 bits per heavy atom. The van der Waals surface area contributed by atoms with Crippen LogP contribution in [-0.4, -0.2) is 5.91 Å². The van der Waals surface area contributed by atoms with Crippen LogP contribution < -0.4 is 11.1 Å². The monoisotopic (exact) mass is 382 g/mol. The Morgan fingerprint density at radius 3 is 2.50 bits per heavy atom. The van der Waals surface area contributed by atoms with Crippen molar-refractivity contribution in [3.8, 4) is 0 Å². The average molecular weight is 383 g/mol. The summed E-state index contributed by atoms with van der Waals surface area (Å²) >= 11 is 3.46. The van der Waals surface area contributed by atoms with Gasteiger partial charge in [0.2, 0.25) is 0 Å². The number of carbonyl (C=O) groups excluding carboxylic acids is 1. The number of aryl methyl sites for hydroxylation is 1. The molecule has 122 valence electrons. The maximum atomic E-state index is 12.5. The van der Waals surface area contributed by atoms with Gasteiger partial charge in [0, 0.05) is 15.7 Å². The third-order valence-corrected chi connectivity index (χ3v) is 4.70. The van der Waals surface area contributed by atoms with Crippen LogP contribution in [0.1, 0.15) is 34.5 Å². The number of benzene rings is 3. The van der Waals surface area contributed by atoms with Crippen LogP contribution in [0.25, 0.3) is 10.8 Å². The summed E-state index contributed by atoms with van der Waals surface area (Å²) in [5.41, 5.74) is 9.33. The number of anilines is 1. The molecular formula is C20H19BrN2O. The third kappa shape index (κ3) is 3.44. The highest BCUT2D eigenvalue weighted by Gasteiger charge is 2.12. The quantitative estimate of drug-likeness (QED) is 0.627. The zero-order chi connectivity index (χ0) is 17.3. The molecular weight excluding hydrogens is 364 g/mol. The van der Waals surface area contributed by atoms with E-state index < -0.39 is 0 Å². The Morgan fingerprint density at radius 2 is 1.75 bits per heavy atom. The van der Waals surface area contributed by atoms with Crippen LogP contribution in [0.4, 0.5) is 5.69 Å². The van der Waals surface area contributed by atoms with Gasteiger partial charge in [-0.25, -0.2) is 0 Å². The Hall–Kier alpha value is -2.33. The van der Waals surface area contributed by atoms with Crippen molar-refractivity contribution in [2.24, 2.45) is 0 Å². The maximum Gasteiger partial charge on any atom is 0.251 e. The molecule has 0 aromatic heterocycles. The Kier molecular flexibility index (Phi) is 4.58. The lowest BCUT2D eigenvalue weighted by Crippen LogP contribution is -2.26. The number of carbonyl (C=O) groups is 1. The second-order valence-corrected chi connectivity index (χ2v) is 6.93. The van der Waals surface area contributed by atoms with E-state index in [1.807, 2.05) is 68.4 Å². The molecule has 0 saturated carbocycles. The predicted molar refractivity (Wildman–Crippen MR) is 103 cm³/mol. The SMILES string of the molecule is Cc1cc([C@@H](C)NC(=O)c2ccc3cc(Br)ccc3c2)ccc1N. The summed E-state index contributed by atoms with van der Waals surface area (Å²) in [4.78, 5) is 12.5. The van der Waals surface area contributed by atoms with E-state index in [-0.39, 0.29) is 11.9 Å². The van der Waals surface area contributed by atoms with Crippen molar-refractivity contribution in [2.45, 2.75) is 19.9 Å². The molecule has 0 heterocycles. The van der Waals surface area contributed by atoms with Gasteiger partial charge in [-0.3, -0.25) is 4.79 Å². The second-order valence-electron chi connectivity index (χ2n) is 6.02. The van der Waals surface area contributed by atoms with Gasteiger partial charge >= 0.3 is 0 Å². The summed E-state index contributed by atoms with van der Waals surface area (Å²) in [5, 5.41) is 5.19. The summed E-state index contributed by atoms with van der Waals surface area (Å²) < 4.78 is 1.03. The van der Waals surface area contributed by atoms with Crippen LogP contribution in [0.5, 0.6) is 0 Å². The standard InChI is InChI=1S/C20H19BrN2O/c1-12-9-14(6-8-19(12)22)13(2)23-20(24)17-4-3-16-11-18(21)7-5-15(16)10-17/h3-11,13H,22H2,1-2H3,(H,23,24)/t13-/m1/s1. The number of nitrogens with one attached hydrogen (secondary N) is 1. The summed E-state index contributed by atoms with van der Waals surface area (Å²) in [6.07, 6.45) is 0. The molecule has 1 atom stereocenters. The predicted octanol–water partition coefficient (Wildman–Crippen LogP) is 4.98. The Bertz CT molecular complexity index is 921. The molecule has 0 bridgehead atoms. The van der Waals surface area contributed by atoms with E-state index in [4.69, 9.17) is 5.73 Å². The molecule has 3 rings (SSSR count). The Balaban J connectivity index is 1.81. The van der Waals surface area contributed by atoms with Crippen molar-refractivity contribution in [3.05, 3.63) is 75.8 Å². The topological polar surface area (TPSA) is 55.1 Å². The minimum atomic E-state index is -0.0857. The van der Waals surface area contributed by atoms with Crippen LogP contribution >= 0.6 is 15.9 Å². The molecule has 0 saturated heterocycles. The number of nitrogens with two attached hydrogens (primary N) is 1. The van der Waals surface area contributed by atoms with Crippen molar-refractivity contribution >= 4 is 38.3 Å². The summed E-state index contributed by atoms with van der Waals surface area (Å²) in [7, 11) is 0. The molecule has 3 N–H and O–H groups in total. The molecule has 0 spiro atoms. The number of hydrogen-bond acceptors (Lipinski definition) is 2. The number of hydrogen-bond donors (Lipinski definition) is 2. The summed E-state index contributed by atoms with van der Waals surface area (Å²) in [6.45, 7) is 3.94. The van der Waals surface area contributed by atoms with E-state index in [1.165, 1.54) is 0 Å². The molecule has 0 aliphatic carbocycles. The zero-order valence-corrected chi connectivity index (χ0v) is 15.2. The lowest BCUT2D eigenvalue weighted by atomic mass is 10.0. The van der Waals surface area contributed by atoms with Gasteiger partial charge < -0.3 is 11.1 Å². The van der Waals surface area contributed by atoms with Crippen LogP contribution in [-0.2, 0) is 0 Å². The lowest BCUT2D eigenvalue weighted by Gasteiger charge is -2.16. The van der Waals surface area contributed by atoms with Crippen LogP contribution in [0.15, 0.2) is 59.1 Å². The minimum Gasteiger partial charge on any atom is -0.399 e. The minimum absolute atomic E-state index is 0.0817. The number of amides is 1. The van der Waals surface area contributed by atoms with E-state index >= 15 is 0 Å². The van der Waals surface area contributed by atoms with E-state index in [0.29, 0.717) is 5.56 Å². The molecule has 0 radical (unpaired) electrons. The molecule has 0 fully saturated rings. The molecule has 0 aliphatic rings. The molecule has 4 heteroatoms. The van der Waals surface area contributed by atoms with Gasteiger partial charge in [-0.2, -0.15) is 0 Å². The van der Waals surface area contributed by atoms with E-state index in [1.54, 1.807) is 0 Å². The molecule has 0 aliphatic heterocycles.